The number of rotatable bonds is 2. The van der Waals surface area contributed by atoms with Crippen LogP contribution in [-0.2, 0) is 6.42 Å². The molecule has 0 aliphatic carbocycles. The Morgan fingerprint density at radius 2 is 1.44 bits per heavy atom. The van der Waals surface area contributed by atoms with E-state index in [4.69, 9.17) is 5.73 Å². The van der Waals surface area contributed by atoms with Gasteiger partial charge in [-0.25, -0.2) is 0 Å². The Bertz CT molecular complexity index is 686. The van der Waals surface area contributed by atoms with Crippen LogP contribution in [0.4, 0.5) is 5.69 Å². The van der Waals surface area contributed by atoms with E-state index in [0.29, 0.717) is 0 Å². The molecule has 0 unspecified atom stereocenters. The van der Waals surface area contributed by atoms with Crippen molar-refractivity contribution in [2.75, 3.05) is 5.73 Å². The van der Waals surface area contributed by atoms with Crippen molar-refractivity contribution in [3.63, 3.8) is 0 Å². The van der Waals surface area contributed by atoms with Crippen molar-refractivity contribution in [3.8, 4) is 0 Å². The standard InChI is InChI=1S/C17H15N/c18-17-7-3-4-13(12-17)10-14-8-9-15-5-1-2-6-16(15)11-14/h1-9,11-12H,10,18H2. The van der Waals surface area contributed by atoms with E-state index in [9.17, 15) is 0 Å². The lowest BCUT2D eigenvalue weighted by Gasteiger charge is -2.05. The number of fused-ring (bicyclic) bond motifs is 1. The Kier molecular flexibility index (Phi) is 2.73. The second-order valence-corrected chi connectivity index (χ2v) is 4.60. The zero-order valence-electron chi connectivity index (χ0n) is 10.1. The maximum absolute atomic E-state index is 5.80. The van der Waals surface area contributed by atoms with Gasteiger partial charge in [-0.1, -0.05) is 54.6 Å². The zero-order valence-corrected chi connectivity index (χ0v) is 10.1. The molecule has 1 heteroatoms. The average Bonchev–Trinajstić information content (AvgIpc) is 2.39. The fourth-order valence-corrected chi connectivity index (χ4v) is 2.29. The summed E-state index contributed by atoms with van der Waals surface area (Å²) in [7, 11) is 0. The van der Waals surface area contributed by atoms with Crippen LogP contribution in [-0.4, -0.2) is 0 Å². The van der Waals surface area contributed by atoms with E-state index in [0.717, 1.165) is 12.1 Å². The first-order valence-corrected chi connectivity index (χ1v) is 6.13. The first kappa shape index (κ1) is 10.8. The lowest BCUT2D eigenvalue weighted by Crippen LogP contribution is -1.91. The molecule has 0 bridgehead atoms. The molecule has 3 rings (SSSR count). The minimum absolute atomic E-state index is 0.827. The summed E-state index contributed by atoms with van der Waals surface area (Å²) in [5.41, 5.74) is 9.20. The highest BCUT2D eigenvalue weighted by Crippen LogP contribution is 2.18. The second-order valence-electron chi connectivity index (χ2n) is 4.60. The van der Waals surface area contributed by atoms with E-state index < -0.39 is 0 Å². The van der Waals surface area contributed by atoms with Crippen LogP contribution in [0.3, 0.4) is 0 Å². The third-order valence-electron chi connectivity index (χ3n) is 3.17. The smallest absolute Gasteiger partial charge is 0.0316 e. The van der Waals surface area contributed by atoms with Crippen LogP contribution in [0.1, 0.15) is 11.1 Å². The highest BCUT2D eigenvalue weighted by molar-refractivity contribution is 5.83. The first-order valence-electron chi connectivity index (χ1n) is 6.13. The second kappa shape index (κ2) is 4.53. The number of benzene rings is 3. The SMILES string of the molecule is Nc1cccc(Cc2ccc3ccccc3c2)c1. The van der Waals surface area contributed by atoms with Crippen molar-refractivity contribution < 1.29 is 0 Å². The molecule has 1 nitrogen and oxygen atoms in total. The molecule has 0 heterocycles. The van der Waals surface area contributed by atoms with Gasteiger partial charge in [0.1, 0.15) is 0 Å². The summed E-state index contributed by atoms with van der Waals surface area (Å²) in [6.45, 7) is 0. The van der Waals surface area contributed by atoms with Gasteiger partial charge in [0, 0.05) is 5.69 Å². The minimum atomic E-state index is 0.827. The molecule has 18 heavy (non-hydrogen) atoms. The Morgan fingerprint density at radius 1 is 0.667 bits per heavy atom. The molecule has 0 saturated carbocycles. The van der Waals surface area contributed by atoms with Crippen molar-refractivity contribution in [2.24, 2.45) is 0 Å². The predicted octanol–water partition coefficient (Wildman–Crippen LogP) is 4.01. The molecule has 3 aromatic rings. The highest BCUT2D eigenvalue weighted by Gasteiger charge is 1.99. The molecule has 0 spiro atoms. The van der Waals surface area contributed by atoms with E-state index in [2.05, 4.69) is 48.5 Å². The summed E-state index contributed by atoms with van der Waals surface area (Å²) in [5.74, 6) is 0. The van der Waals surface area contributed by atoms with Crippen LogP contribution in [0.2, 0.25) is 0 Å². The monoisotopic (exact) mass is 233 g/mol. The summed E-state index contributed by atoms with van der Waals surface area (Å²) < 4.78 is 0. The van der Waals surface area contributed by atoms with Crippen LogP contribution in [0, 0.1) is 0 Å². The molecule has 3 aromatic carbocycles. The molecule has 0 amide bonds. The molecular formula is C17H15N. The van der Waals surface area contributed by atoms with Gasteiger partial charge in [0.2, 0.25) is 0 Å². The van der Waals surface area contributed by atoms with Crippen molar-refractivity contribution >= 4 is 16.5 Å². The Balaban J connectivity index is 1.95. The Labute approximate surface area is 107 Å². The molecule has 2 N–H and O–H groups in total. The molecule has 0 atom stereocenters. The quantitative estimate of drug-likeness (QED) is 0.665. The van der Waals surface area contributed by atoms with Gasteiger partial charge >= 0.3 is 0 Å². The number of hydrogen-bond donors (Lipinski definition) is 1. The van der Waals surface area contributed by atoms with Gasteiger partial charge in [0.25, 0.3) is 0 Å². The van der Waals surface area contributed by atoms with Crippen LogP contribution < -0.4 is 5.73 Å². The third-order valence-corrected chi connectivity index (χ3v) is 3.17. The molecule has 88 valence electrons. The van der Waals surface area contributed by atoms with Gasteiger partial charge in [0.15, 0.2) is 0 Å². The maximum atomic E-state index is 5.80. The number of anilines is 1. The third kappa shape index (κ3) is 2.21. The fourth-order valence-electron chi connectivity index (χ4n) is 2.29. The van der Waals surface area contributed by atoms with Crippen LogP contribution in [0.5, 0.6) is 0 Å². The number of nitrogens with two attached hydrogens (primary N) is 1. The van der Waals surface area contributed by atoms with E-state index in [1.807, 2.05) is 18.2 Å². The van der Waals surface area contributed by atoms with E-state index in [1.54, 1.807) is 0 Å². The zero-order chi connectivity index (χ0) is 12.4. The Morgan fingerprint density at radius 3 is 2.28 bits per heavy atom. The molecule has 0 saturated heterocycles. The van der Waals surface area contributed by atoms with Gasteiger partial charge in [-0.3, -0.25) is 0 Å². The summed E-state index contributed by atoms with van der Waals surface area (Å²) >= 11 is 0. The number of hydrogen-bond acceptors (Lipinski definition) is 1. The topological polar surface area (TPSA) is 26.0 Å². The lowest BCUT2D eigenvalue weighted by molar-refractivity contribution is 1.20. The molecule has 0 aliphatic rings. The van der Waals surface area contributed by atoms with Crippen molar-refractivity contribution in [3.05, 3.63) is 77.9 Å². The molecule has 0 radical (unpaired) electrons. The summed E-state index contributed by atoms with van der Waals surface area (Å²) in [6.07, 6.45) is 0.926. The summed E-state index contributed by atoms with van der Waals surface area (Å²) in [5, 5.41) is 2.58. The van der Waals surface area contributed by atoms with Gasteiger partial charge in [0.05, 0.1) is 0 Å². The maximum Gasteiger partial charge on any atom is 0.0316 e. The molecule has 0 aromatic heterocycles. The fraction of sp³-hybridized carbons (Fsp3) is 0.0588. The normalized spacial score (nSPS) is 10.7. The minimum Gasteiger partial charge on any atom is -0.399 e. The number of nitrogen functional groups attached to an aromatic ring is 1. The van der Waals surface area contributed by atoms with Crippen LogP contribution >= 0.6 is 0 Å². The van der Waals surface area contributed by atoms with Gasteiger partial charge in [-0.05, 0) is 40.5 Å². The Hall–Kier alpha value is -2.28. The van der Waals surface area contributed by atoms with E-state index in [-0.39, 0.29) is 0 Å². The highest BCUT2D eigenvalue weighted by atomic mass is 14.5. The van der Waals surface area contributed by atoms with Crippen molar-refractivity contribution in [1.29, 1.82) is 0 Å². The average molecular weight is 233 g/mol. The van der Waals surface area contributed by atoms with Crippen molar-refractivity contribution in [2.45, 2.75) is 6.42 Å². The van der Waals surface area contributed by atoms with Gasteiger partial charge in [-0.2, -0.15) is 0 Å². The van der Waals surface area contributed by atoms with E-state index in [1.165, 1.54) is 21.9 Å². The molecular weight excluding hydrogens is 218 g/mol. The lowest BCUT2D eigenvalue weighted by atomic mass is 10.0. The largest absolute Gasteiger partial charge is 0.399 e. The van der Waals surface area contributed by atoms with Gasteiger partial charge in [-0.15, -0.1) is 0 Å². The van der Waals surface area contributed by atoms with E-state index >= 15 is 0 Å². The van der Waals surface area contributed by atoms with Crippen LogP contribution in [0.25, 0.3) is 10.8 Å². The van der Waals surface area contributed by atoms with Gasteiger partial charge < -0.3 is 5.73 Å². The summed E-state index contributed by atoms with van der Waals surface area (Å²) in [6, 6.07) is 23.1. The van der Waals surface area contributed by atoms with Crippen LogP contribution in [0.15, 0.2) is 66.7 Å². The summed E-state index contributed by atoms with van der Waals surface area (Å²) in [4.78, 5) is 0. The molecule has 0 aliphatic heterocycles. The predicted molar refractivity (Wildman–Crippen MR) is 77.6 cm³/mol. The van der Waals surface area contributed by atoms with Crippen molar-refractivity contribution in [1.82, 2.24) is 0 Å². The molecule has 0 fully saturated rings. The first-order chi connectivity index (χ1) is 8.81.